The molecule has 0 aliphatic carbocycles. The summed E-state index contributed by atoms with van der Waals surface area (Å²) in [4.78, 5) is 2.44. The summed E-state index contributed by atoms with van der Waals surface area (Å²) in [5, 5.41) is 7.63. The number of sulfonamides is 1. The highest BCUT2D eigenvalue weighted by Crippen LogP contribution is 2.35. The Labute approximate surface area is 165 Å². The van der Waals surface area contributed by atoms with Crippen LogP contribution in [0.5, 0.6) is 5.75 Å². The van der Waals surface area contributed by atoms with Gasteiger partial charge in [0.1, 0.15) is 5.75 Å². The maximum absolute atomic E-state index is 11.6. The first-order chi connectivity index (χ1) is 13.3. The van der Waals surface area contributed by atoms with Crippen molar-refractivity contribution >= 4 is 26.5 Å². The molecule has 2 N–H and O–H groups in total. The molecule has 0 unspecified atom stereocenters. The molecule has 0 spiro atoms. The first-order valence-electron chi connectivity index (χ1n) is 9.41. The number of rotatable bonds is 5. The van der Waals surface area contributed by atoms with Crippen LogP contribution in [0.4, 0.5) is 5.69 Å². The highest BCUT2D eigenvalue weighted by Gasteiger charge is 2.23. The van der Waals surface area contributed by atoms with E-state index in [-0.39, 0.29) is 11.0 Å². The first-order valence-corrected chi connectivity index (χ1v) is 11.0. The molecule has 0 saturated heterocycles. The molecule has 1 aliphatic heterocycles. The number of hydrogen-bond donors (Lipinski definition) is 1. The predicted molar refractivity (Wildman–Crippen MR) is 112 cm³/mol. The molecule has 6 heteroatoms. The lowest BCUT2D eigenvalue weighted by molar-refractivity contribution is 0.240. The molecule has 1 heterocycles. The largest absolute Gasteiger partial charge is 0.491 e. The van der Waals surface area contributed by atoms with Crippen LogP contribution in [-0.4, -0.2) is 21.1 Å². The van der Waals surface area contributed by atoms with Gasteiger partial charge in [0.2, 0.25) is 10.0 Å². The van der Waals surface area contributed by atoms with Crippen LogP contribution in [0, 0.1) is 0 Å². The zero-order valence-corrected chi connectivity index (χ0v) is 16.9. The van der Waals surface area contributed by atoms with Crippen LogP contribution < -0.4 is 14.8 Å². The van der Waals surface area contributed by atoms with Crippen LogP contribution >= 0.6 is 0 Å². The molecule has 0 radical (unpaired) electrons. The number of nitrogens with zero attached hydrogens (tertiary/aromatic N) is 1. The summed E-state index contributed by atoms with van der Waals surface area (Å²) < 4.78 is 29.4. The molecule has 0 bridgehead atoms. The molecule has 0 fully saturated rings. The first kappa shape index (κ1) is 18.8. The van der Waals surface area contributed by atoms with Crippen LogP contribution in [0.3, 0.4) is 0 Å². The third-order valence-corrected chi connectivity index (χ3v) is 5.99. The lowest BCUT2D eigenvalue weighted by atomic mass is 10.0. The van der Waals surface area contributed by atoms with Crippen molar-refractivity contribution < 1.29 is 13.2 Å². The van der Waals surface area contributed by atoms with Gasteiger partial charge in [0.15, 0.2) is 0 Å². The minimum Gasteiger partial charge on any atom is -0.491 e. The lowest BCUT2D eigenvalue weighted by Gasteiger charge is -2.23. The molecular formula is C22H24N2O3S. The average Bonchev–Trinajstić information content (AvgIpc) is 3.05. The second kappa shape index (κ2) is 7.11. The summed E-state index contributed by atoms with van der Waals surface area (Å²) in [6.45, 7) is 5.58. The fourth-order valence-electron chi connectivity index (χ4n) is 3.82. The molecule has 5 nitrogen and oxygen atoms in total. The summed E-state index contributed by atoms with van der Waals surface area (Å²) in [7, 11) is -3.69. The maximum atomic E-state index is 11.6. The van der Waals surface area contributed by atoms with Crippen LogP contribution in [-0.2, 0) is 23.0 Å². The smallest absolute Gasteiger partial charge is 0.238 e. The van der Waals surface area contributed by atoms with E-state index in [4.69, 9.17) is 9.88 Å². The second-order valence-electron chi connectivity index (χ2n) is 7.44. The summed E-state index contributed by atoms with van der Waals surface area (Å²) in [5.74, 6) is 0.892. The Morgan fingerprint density at radius 2 is 1.89 bits per heavy atom. The second-order valence-corrected chi connectivity index (χ2v) is 9.00. The summed E-state index contributed by atoms with van der Waals surface area (Å²) in [5.41, 5.74) is 3.21. The van der Waals surface area contributed by atoms with E-state index in [1.807, 2.05) is 38.1 Å². The molecule has 3 aromatic rings. The Balaban J connectivity index is 1.74. The average molecular weight is 397 g/mol. The topological polar surface area (TPSA) is 72.6 Å². The number of hydrogen-bond acceptors (Lipinski definition) is 4. The standard InChI is InChI=1S/C22H24N2O3S/c1-15(2)27-22-10-7-16-5-3-4-6-19(16)20(22)14-24-12-11-17-13-18(28(23,25)26)8-9-21(17)24/h3-10,13,15H,11-12,14H2,1-2H3,(H2,23,25,26). The molecule has 0 saturated carbocycles. The van der Waals surface area contributed by atoms with Crippen LogP contribution in [0.1, 0.15) is 25.0 Å². The number of fused-ring (bicyclic) bond motifs is 2. The van der Waals surface area contributed by atoms with Crippen molar-refractivity contribution in [2.75, 3.05) is 11.4 Å². The number of ether oxygens (including phenoxy) is 1. The van der Waals surface area contributed by atoms with Crippen molar-refractivity contribution in [2.45, 2.75) is 37.8 Å². The molecule has 3 aromatic carbocycles. The zero-order valence-electron chi connectivity index (χ0n) is 16.1. The molecule has 28 heavy (non-hydrogen) atoms. The van der Waals surface area contributed by atoms with Crippen molar-refractivity contribution in [1.29, 1.82) is 0 Å². The normalized spacial score (nSPS) is 13.9. The molecule has 4 rings (SSSR count). The molecule has 0 amide bonds. The molecule has 0 aromatic heterocycles. The highest BCUT2D eigenvalue weighted by atomic mass is 32.2. The lowest BCUT2D eigenvalue weighted by Crippen LogP contribution is -2.21. The predicted octanol–water partition coefficient (Wildman–Crippen LogP) is 3.84. The van der Waals surface area contributed by atoms with E-state index in [0.29, 0.717) is 6.54 Å². The minimum absolute atomic E-state index is 0.0862. The van der Waals surface area contributed by atoms with Gasteiger partial charge in [0, 0.05) is 24.3 Å². The monoisotopic (exact) mass is 396 g/mol. The van der Waals surface area contributed by atoms with Gasteiger partial charge in [-0.3, -0.25) is 0 Å². The number of anilines is 1. The number of nitrogens with two attached hydrogens (primary N) is 1. The summed E-state index contributed by atoms with van der Waals surface area (Å²) >= 11 is 0. The van der Waals surface area contributed by atoms with Crippen LogP contribution in [0.15, 0.2) is 59.5 Å². The molecular weight excluding hydrogens is 372 g/mol. The molecule has 1 aliphatic rings. The SMILES string of the molecule is CC(C)Oc1ccc2ccccc2c1CN1CCc2cc(S(N)(=O)=O)ccc21. The van der Waals surface area contributed by atoms with Gasteiger partial charge in [-0.05, 0) is 60.9 Å². The van der Waals surface area contributed by atoms with Gasteiger partial charge in [0.25, 0.3) is 0 Å². The van der Waals surface area contributed by atoms with Crippen molar-refractivity contribution in [2.24, 2.45) is 5.14 Å². The van der Waals surface area contributed by atoms with Crippen molar-refractivity contribution in [3.8, 4) is 5.75 Å². The fourth-order valence-corrected chi connectivity index (χ4v) is 4.39. The summed E-state index contributed by atoms with van der Waals surface area (Å²) in [6.07, 6.45) is 0.882. The van der Waals surface area contributed by atoms with Gasteiger partial charge in [0.05, 0.1) is 11.0 Å². The van der Waals surface area contributed by atoms with Gasteiger partial charge in [-0.15, -0.1) is 0 Å². The number of benzene rings is 3. The maximum Gasteiger partial charge on any atom is 0.238 e. The zero-order chi connectivity index (χ0) is 19.9. The Morgan fingerprint density at radius 1 is 1.11 bits per heavy atom. The van der Waals surface area contributed by atoms with E-state index >= 15 is 0 Å². The minimum atomic E-state index is -3.69. The van der Waals surface area contributed by atoms with Gasteiger partial charge in [-0.1, -0.05) is 30.3 Å². The van der Waals surface area contributed by atoms with Gasteiger partial charge >= 0.3 is 0 Å². The highest BCUT2D eigenvalue weighted by molar-refractivity contribution is 7.89. The van der Waals surface area contributed by atoms with Crippen molar-refractivity contribution in [3.63, 3.8) is 0 Å². The van der Waals surface area contributed by atoms with E-state index < -0.39 is 10.0 Å². The van der Waals surface area contributed by atoms with E-state index in [9.17, 15) is 8.42 Å². The third kappa shape index (κ3) is 3.57. The van der Waals surface area contributed by atoms with Gasteiger partial charge in [-0.2, -0.15) is 0 Å². The van der Waals surface area contributed by atoms with Crippen LogP contribution in [0.25, 0.3) is 10.8 Å². The molecule has 146 valence electrons. The number of primary sulfonamides is 1. The van der Waals surface area contributed by atoms with Crippen molar-refractivity contribution in [1.82, 2.24) is 0 Å². The summed E-state index contributed by atoms with van der Waals surface area (Å²) in [6, 6.07) is 17.6. The molecule has 0 atom stereocenters. The van der Waals surface area contributed by atoms with E-state index in [1.54, 1.807) is 12.1 Å². The Kier molecular flexibility index (Phi) is 4.77. The Bertz CT molecular complexity index is 1140. The third-order valence-electron chi connectivity index (χ3n) is 5.08. The van der Waals surface area contributed by atoms with E-state index in [1.165, 1.54) is 10.8 Å². The van der Waals surface area contributed by atoms with Gasteiger partial charge < -0.3 is 9.64 Å². The van der Waals surface area contributed by atoms with Crippen LogP contribution in [0.2, 0.25) is 0 Å². The Morgan fingerprint density at radius 3 is 2.64 bits per heavy atom. The Hall–Kier alpha value is -2.57. The van der Waals surface area contributed by atoms with Gasteiger partial charge in [-0.25, -0.2) is 13.6 Å². The van der Waals surface area contributed by atoms with E-state index in [0.717, 1.165) is 35.5 Å². The quantitative estimate of drug-likeness (QED) is 0.711. The fraction of sp³-hybridized carbons (Fsp3) is 0.273. The van der Waals surface area contributed by atoms with E-state index in [2.05, 4.69) is 23.1 Å². The van der Waals surface area contributed by atoms with Crippen molar-refractivity contribution in [3.05, 3.63) is 65.7 Å².